The SMILES string of the molecule is CCC(=O)c1c(O)cc(C)c(OC)c1C. The van der Waals surface area contributed by atoms with Gasteiger partial charge in [0.05, 0.1) is 12.7 Å². The van der Waals surface area contributed by atoms with E-state index in [4.69, 9.17) is 4.74 Å². The van der Waals surface area contributed by atoms with E-state index in [0.29, 0.717) is 23.3 Å². The lowest BCUT2D eigenvalue weighted by Gasteiger charge is -2.13. The number of ether oxygens (including phenoxy) is 1. The van der Waals surface area contributed by atoms with Gasteiger partial charge in [-0.25, -0.2) is 0 Å². The number of carbonyl (C=O) groups excluding carboxylic acids is 1. The monoisotopic (exact) mass is 208 g/mol. The van der Waals surface area contributed by atoms with E-state index in [9.17, 15) is 9.90 Å². The minimum Gasteiger partial charge on any atom is -0.507 e. The fourth-order valence-electron chi connectivity index (χ4n) is 1.79. The molecular weight excluding hydrogens is 192 g/mol. The normalized spacial score (nSPS) is 10.1. The number of hydrogen-bond donors (Lipinski definition) is 1. The first-order valence-electron chi connectivity index (χ1n) is 4.93. The lowest BCUT2D eigenvalue weighted by atomic mass is 9.98. The topological polar surface area (TPSA) is 46.5 Å². The molecule has 0 radical (unpaired) electrons. The number of ketones is 1. The Labute approximate surface area is 89.7 Å². The van der Waals surface area contributed by atoms with Crippen molar-refractivity contribution < 1.29 is 14.6 Å². The second-order valence-electron chi connectivity index (χ2n) is 3.52. The molecule has 0 spiro atoms. The Balaban J connectivity index is 3.45. The number of aromatic hydroxyl groups is 1. The van der Waals surface area contributed by atoms with Crippen molar-refractivity contribution in [3.05, 3.63) is 22.8 Å². The molecule has 1 rings (SSSR count). The molecule has 0 fully saturated rings. The molecule has 0 aliphatic heterocycles. The van der Waals surface area contributed by atoms with Gasteiger partial charge < -0.3 is 9.84 Å². The highest BCUT2D eigenvalue weighted by atomic mass is 16.5. The number of rotatable bonds is 3. The molecule has 0 aliphatic rings. The van der Waals surface area contributed by atoms with Crippen LogP contribution in [0, 0.1) is 13.8 Å². The highest BCUT2D eigenvalue weighted by Gasteiger charge is 2.17. The molecule has 1 aromatic carbocycles. The lowest BCUT2D eigenvalue weighted by molar-refractivity contribution is 0.0984. The number of phenols is 1. The van der Waals surface area contributed by atoms with Gasteiger partial charge in [0, 0.05) is 12.0 Å². The van der Waals surface area contributed by atoms with E-state index in [0.717, 1.165) is 5.56 Å². The minimum absolute atomic E-state index is 0.0395. The zero-order valence-electron chi connectivity index (χ0n) is 9.55. The van der Waals surface area contributed by atoms with Gasteiger partial charge in [0.2, 0.25) is 0 Å². The predicted molar refractivity (Wildman–Crippen MR) is 58.8 cm³/mol. The van der Waals surface area contributed by atoms with Gasteiger partial charge in [0.25, 0.3) is 0 Å². The third-order valence-electron chi connectivity index (χ3n) is 2.49. The summed E-state index contributed by atoms with van der Waals surface area (Å²) in [5, 5.41) is 9.72. The van der Waals surface area contributed by atoms with Crippen molar-refractivity contribution in [2.75, 3.05) is 7.11 Å². The van der Waals surface area contributed by atoms with Gasteiger partial charge in [0.15, 0.2) is 5.78 Å². The van der Waals surface area contributed by atoms with E-state index < -0.39 is 0 Å². The van der Waals surface area contributed by atoms with Gasteiger partial charge in [-0.2, -0.15) is 0 Å². The van der Waals surface area contributed by atoms with E-state index in [1.807, 2.05) is 6.92 Å². The summed E-state index contributed by atoms with van der Waals surface area (Å²) in [7, 11) is 1.56. The van der Waals surface area contributed by atoms with Crippen molar-refractivity contribution in [3.63, 3.8) is 0 Å². The quantitative estimate of drug-likeness (QED) is 0.777. The Hall–Kier alpha value is -1.51. The van der Waals surface area contributed by atoms with Crippen molar-refractivity contribution in [2.24, 2.45) is 0 Å². The van der Waals surface area contributed by atoms with Crippen LogP contribution in [0.1, 0.15) is 34.8 Å². The molecule has 1 N–H and O–H groups in total. The zero-order valence-corrected chi connectivity index (χ0v) is 9.55. The average Bonchev–Trinajstić information content (AvgIpc) is 2.17. The van der Waals surface area contributed by atoms with Crippen molar-refractivity contribution in [1.82, 2.24) is 0 Å². The molecule has 0 aliphatic carbocycles. The molecule has 0 amide bonds. The molecule has 82 valence electrons. The number of methoxy groups -OCH3 is 1. The number of benzene rings is 1. The first kappa shape index (κ1) is 11.6. The molecule has 3 nitrogen and oxygen atoms in total. The summed E-state index contributed by atoms with van der Waals surface area (Å²) in [4.78, 5) is 11.6. The standard InChI is InChI=1S/C12H16O3/c1-5-9(13)11-8(3)12(15-4)7(2)6-10(11)14/h6,14H,5H2,1-4H3. The van der Waals surface area contributed by atoms with Gasteiger partial charge in [0.1, 0.15) is 11.5 Å². The van der Waals surface area contributed by atoms with Crippen LogP contribution in [0.2, 0.25) is 0 Å². The summed E-state index contributed by atoms with van der Waals surface area (Å²) in [5.41, 5.74) is 1.92. The Bertz CT molecular complexity index is 394. The Morgan fingerprint density at radius 2 is 2.07 bits per heavy atom. The van der Waals surface area contributed by atoms with Crippen molar-refractivity contribution in [1.29, 1.82) is 0 Å². The molecule has 0 saturated heterocycles. The fraction of sp³-hybridized carbons (Fsp3) is 0.417. The number of hydrogen-bond acceptors (Lipinski definition) is 3. The van der Waals surface area contributed by atoms with E-state index >= 15 is 0 Å². The van der Waals surface area contributed by atoms with Crippen LogP contribution < -0.4 is 4.74 Å². The second-order valence-corrected chi connectivity index (χ2v) is 3.52. The Kier molecular flexibility index (Phi) is 3.35. The Morgan fingerprint density at radius 3 is 2.53 bits per heavy atom. The third kappa shape index (κ3) is 1.96. The van der Waals surface area contributed by atoms with Gasteiger partial charge in [-0.3, -0.25) is 4.79 Å². The smallest absolute Gasteiger partial charge is 0.166 e. The summed E-state index contributed by atoms with van der Waals surface area (Å²) in [6.45, 7) is 5.40. The molecule has 0 aromatic heterocycles. The zero-order chi connectivity index (χ0) is 11.6. The van der Waals surface area contributed by atoms with E-state index in [2.05, 4.69) is 0 Å². The van der Waals surface area contributed by atoms with Gasteiger partial charge in [-0.05, 0) is 25.5 Å². The van der Waals surface area contributed by atoms with Crippen LogP contribution in [0.5, 0.6) is 11.5 Å². The van der Waals surface area contributed by atoms with Crippen LogP contribution in [0.15, 0.2) is 6.07 Å². The lowest BCUT2D eigenvalue weighted by Crippen LogP contribution is -2.03. The van der Waals surface area contributed by atoms with Gasteiger partial charge in [-0.15, -0.1) is 0 Å². The molecule has 15 heavy (non-hydrogen) atoms. The Morgan fingerprint density at radius 1 is 1.47 bits per heavy atom. The summed E-state index contributed by atoms with van der Waals surface area (Å²) in [5.74, 6) is 0.644. The van der Waals surface area contributed by atoms with Crippen LogP contribution in [-0.2, 0) is 0 Å². The summed E-state index contributed by atoms with van der Waals surface area (Å²) in [6.07, 6.45) is 0.376. The van der Waals surface area contributed by atoms with Crippen molar-refractivity contribution in [3.8, 4) is 11.5 Å². The molecule has 3 heteroatoms. The second kappa shape index (κ2) is 4.34. The van der Waals surface area contributed by atoms with Crippen molar-refractivity contribution in [2.45, 2.75) is 27.2 Å². The van der Waals surface area contributed by atoms with E-state index in [1.54, 1.807) is 27.0 Å². The third-order valence-corrected chi connectivity index (χ3v) is 2.49. The molecule has 0 unspecified atom stereocenters. The highest BCUT2D eigenvalue weighted by molar-refractivity contribution is 6.00. The minimum atomic E-state index is -0.0664. The van der Waals surface area contributed by atoms with Crippen LogP contribution in [0.3, 0.4) is 0 Å². The maximum Gasteiger partial charge on any atom is 0.166 e. The maximum absolute atomic E-state index is 11.6. The van der Waals surface area contributed by atoms with E-state index in [-0.39, 0.29) is 11.5 Å². The fourth-order valence-corrected chi connectivity index (χ4v) is 1.79. The van der Waals surface area contributed by atoms with Crippen molar-refractivity contribution >= 4 is 5.78 Å². The molecule has 0 atom stereocenters. The molecule has 1 aromatic rings. The summed E-state index contributed by atoms with van der Waals surface area (Å²) in [6, 6.07) is 1.56. The molecule has 0 saturated carbocycles. The first-order chi connectivity index (χ1) is 7.02. The van der Waals surface area contributed by atoms with Crippen LogP contribution in [0.4, 0.5) is 0 Å². The summed E-state index contributed by atoms with van der Waals surface area (Å²) >= 11 is 0. The number of phenolic OH excluding ortho intramolecular Hbond substituents is 1. The van der Waals surface area contributed by atoms with E-state index in [1.165, 1.54) is 0 Å². The number of carbonyl (C=O) groups is 1. The highest BCUT2D eigenvalue weighted by Crippen LogP contribution is 2.33. The van der Waals surface area contributed by atoms with Gasteiger partial charge >= 0.3 is 0 Å². The molecule has 0 heterocycles. The maximum atomic E-state index is 11.6. The summed E-state index contributed by atoms with van der Waals surface area (Å²) < 4.78 is 5.20. The number of aryl methyl sites for hydroxylation is 1. The van der Waals surface area contributed by atoms with Crippen LogP contribution in [-0.4, -0.2) is 18.0 Å². The predicted octanol–water partition coefficient (Wildman–Crippen LogP) is 2.61. The van der Waals surface area contributed by atoms with Gasteiger partial charge in [-0.1, -0.05) is 6.92 Å². The first-order valence-corrected chi connectivity index (χ1v) is 4.93. The van der Waals surface area contributed by atoms with Crippen LogP contribution in [0.25, 0.3) is 0 Å². The largest absolute Gasteiger partial charge is 0.507 e. The molecule has 0 bridgehead atoms. The molecular formula is C12H16O3. The van der Waals surface area contributed by atoms with Crippen LogP contribution >= 0.6 is 0 Å². The average molecular weight is 208 g/mol. The number of Topliss-reactive ketones (excluding diaryl/α,β-unsaturated/α-hetero) is 1.